The molecule has 1 aliphatic heterocycles. The first kappa shape index (κ1) is 18.2. The highest BCUT2D eigenvalue weighted by Crippen LogP contribution is 2.23. The summed E-state index contributed by atoms with van der Waals surface area (Å²) in [6.45, 7) is 3.80. The summed E-state index contributed by atoms with van der Waals surface area (Å²) < 4.78 is 24.8. The highest BCUT2D eigenvalue weighted by Gasteiger charge is 2.24. The van der Waals surface area contributed by atoms with Gasteiger partial charge in [-0.05, 0) is 37.5 Å². The van der Waals surface area contributed by atoms with E-state index >= 15 is 0 Å². The number of nitrogens with zero attached hydrogens (tertiary/aromatic N) is 1. The molecule has 1 saturated heterocycles. The summed E-state index contributed by atoms with van der Waals surface area (Å²) >= 11 is 0. The van der Waals surface area contributed by atoms with Gasteiger partial charge in [0.2, 0.25) is 5.91 Å². The summed E-state index contributed by atoms with van der Waals surface area (Å²) in [7, 11) is 0. The van der Waals surface area contributed by atoms with Crippen LogP contribution in [0.15, 0.2) is 24.3 Å². The van der Waals surface area contributed by atoms with Crippen molar-refractivity contribution >= 4 is 23.2 Å². The molecule has 2 N–H and O–H groups in total. The van der Waals surface area contributed by atoms with Crippen LogP contribution in [0.3, 0.4) is 0 Å². The second-order valence-electron chi connectivity index (χ2n) is 5.88. The largest absolute Gasteiger partial charge is 0.371 e. The van der Waals surface area contributed by atoms with Crippen molar-refractivity contribution in [2.75, 3.05) is 23.3 Å². The number of carbonyl (C=O) groups is 2. The Morgan fingerprint density at radius 3 is 2.54 bits per heavy atom. The third kappa shape index (κ3) is 4.91. The van der Waals surface area contributed by atoms with Crippen LogP contribution in [0.5, 0.6) is 0 Å². The molecule has 0 aliphatic carbocycles. The van der Waals surface area contributed by atoms with E-state index < -0.39 is 24.3 Å². The van der Waals surface area contributed by atoms with E-state index in [1.807, 2.05) is 25.1 Å². The maximum Gasteiger partial charge on any atom is 0.315 e. The van der Waals surface area contributed by atoms with Gasteiger partial charge in [0.15, 0.2) is 0 Å². The Labute approximate surface area is 140 Å². The number of benzene rings is 1. The van der Waals surface area contributed by atoms with Gasteiger partial charge in [0.1, 0.15) is 6.04 Å². The molecule has 0 bridgehead atoms. The van der Waals surface area contributed by atoms with Crippen molar-refractivity contribution < 1.29 is 18.4 Å². The van der Waals surface area contributed by atoms with Gasteiger partial charge in [0.05, 0.1) is 0 Å². The van der Waals surface area contributed by atoms with Crippen molar-refractivity contribution in [2.24, 2.45) is 0 Å². The van der Waals surface area contributed by atoms with Gasteiger partial charge < -0.3 is 15.5 Å². The quantitative estimate of drug-likeness (QED) is 0.803. The van der Waals surface area contributed by atoms with Crippen LogP contribution < -0.4 is 15.5 Å². The molecule has 24 heavy (non-hydrogen) atoms. The zero-order valence-corrected chi connectivity index (χ0v) is 13.7. The minimum atomic E-state index is -3.13. The summed E-state index contributed by atoms with van der Waals surface area (Å²) in [5, 5.41) is 4.81. The Morgan fingerprint density at radius 1 is 1.21 bits per heavy atom. The Hall–Kier alpha value is -2.18. The molecule has 0 aromatic heterocycles. The van der Waals surface area contributed by atoms with Gasteiger partial charge in [-0.3, -0.25) is 9.59 Å². The van der Waals surface area contributed by atoms with Crippen molar-refractivity contribution in [3.05, 3.63) is 24.3 Å². The molecule has 1 aliphatic rings. The predicted molar refractivity (Wildman–Crippen MR) is 89.4 cm³/mol. The van der Waals surface area contributed by atoms with Gasteiger partial charge in [-0.15, -0.1) is 0 Å². The molecule has 1 aromatic carbocycles. The number of carbonyl (C=O) groups excluding carboxylic acids is 2. The molecular formula is C17H23F2N3O2. The van der Waals surface area contributed by atoms with Crippen molar-refractivity contribution in [2.45, 2.75) is 45.1 Å². The number of anilines is 2. The zero-order valence-electron chi connectivity index (χ0n) is 13.7. The van der Waals surface area contributed by atoms with E-state index in [9.17, 15) is 18.4 Å². The van der Waals surface area contributed by atoms with Crippen LogP contribution in [0.2, 0.25) is 0 Å². The molecule has 0 spiro atoms. The lowest BCUT2D eigenvalue weighted by Gasteiger charge is -2.20. The Kier molecular flexibility index (Phi) is 6.52. The van der Waals surface area contributed by atoms with Crippen molar-refractivity contribution in [1.82, 2.24) is 5.32 Å². The standard InChI is InChI=1S/C17H23F2N3O2/c1-2-6-14(21-17(24)15(18)19)16(23)20-12-7-5-8-13(11-12)22-9-3-4-10-22/h5,7-8,11,14-15H,2-4,6,9-10H2,1H3,(H,20,23)(H,21,24)/t14-/m1/s1. The van der Waals surface area contributed by atoms with Crippen LogP contribution in [0, 0.1) is 0 Å². The fourth-order valence-electron chi connectivity index (χ4n) is 2.78. The SMILES string of the molecule is CCC[C@@H](NC(=O)C(F)F)C(=O)Nc1cccc(N2CCCC2)c1. The maximum absolute atomic E-state index is 12.4. The van der Waals surface area contributed by atoms with Crippen LogP contribution in [0.4, 0.5) is 20.2 Å². The summed E-state index contributed by atoms with van der Waals surface area (Å²) in [5.41, 5.74) is 1.62. The fraction of sp³-hybridized carbons (Fsp3) is 0.529. The van der Waals surface area contributed by atoms with E-state index in [2.05, 4.69) is 15.5 Å². The van der Waals surface area contributed by atoms with Crippen LogP contribution in [-0.2, 0) is 9.59 Å². The Bertz CT molecular complexity index is 575. The van der Waals surface area contributed by atoms with E-state index in [1.165, 1.54) is 0 Å². The van der Waals surface area contributed by atoms with E-state index in [-0.39, 0.29) is 0 Å². The van der Waals surface area contributed by atoms with Crippen molar-refractivity contribution in [3.63, 3.8) is 0 Å². The molecule has 0 unspecified atom stereocenters. The molecule has 0 saturated carbocycles. The Morgan fingerprint density at radius 2 is 1.92 bits per heavy atom. The second-order valence-corrected chi connectivity index (χ2v) is 5.88. The number of nitrogens with one attached hydrogen (secondary N) is 2. The number of halogens is 2. The molecule has 1 aromatic rings. The highest BCUT2D eigenvalue weighted by molar-refractivity contribution is 5.97. The van der Waals surface area contributed by atoms with Gasteiger partial charge in [-0.25, -0.2) is 0 Å². The lowest BCUT2D eigenvalue weighted by molar-refractivity contribution is -0.134. The first-order valence-electron chi connectivity index (χ1n) is 8.25. The first-order chi connectivity index (χ1) is 11.5. The summed E-state index contributed by atoms with van der Waals surface area (Å²) in [6.07, 6.45) is 0.0606. The number of amides is 2. The van der Waals surface area contributed by atoms with Gasteiger partial charge in [0, 0.05) is 24.5 Å². The van der Waals surface area contributed by atoms with Crippen molar-refractivity contribution in [3.8, 4) is 0 Å². The van der Waals surface area contributed by atoms with Gasteiger partial charge in [-0.2, -0.15) is 8.78 Å². The van der Waals surface area contributed by atoms with Gasteiger partial charge in [0.25, 0.3) is 5.91 Å². The number of hydrogen-bond donors (Lipinski definition) is 2. The van der Waals surface area contributed by atoms with Gasteiger partial charge in [-0.1, -0.05) is 19.4 Å². The summed E-state index contributed by atoms with van der Waals surface area (Å²) in [4.78, 5) is 25.7. The molecule has 132 valence electrons. The normalized spacial score (nSPS) is 15.4. The third-order valence-electron chi connectivity index (χ3n) is 3.99. The van der Waals surface area contributed by atoms with E-state index in [4.69, 9.17) is 0 Å². The van der Waals surface area contributed by atoms with Crippen LogP contribution in [0.25, 0.3) is 0 Å². The number of alkyl halides is 2. The molecular weight excluding hydrogens is 316 g/mol. The van der Waals surface area contributed by atoms with Gasteiger partial charge >= 0.3 is 6.43 Å². The van der Waals surface area contributed by atoms with Crippen LogP contribution in [0.1, 0.15) is 32.6 Å². The molecule has 2 amide bonds. The summed E-state index contributed by atoms with van der Waals surface area (Å²) in [6, 6.07) is 6.46. The minimum Gasteiger partial charge on any atom is -0.371 e. The van der Waals surface area contributed by atoms with Crippen LogP contribution >= 0.6 is 0 Å². The third-order valence-corrected chi connectivity index (χ3v) is 3.99. The molecule has 1 atom stereocenters. The average molecular weight is 339 g/mol. The smallest absolute Gasteiger partial charge is 0.315 e. The highest BCUT2D eigenvalue weighted by atomic mass is 19.3. The molecule has 2 rings (SSSR count). The number of hydrogen-bond acceptors (Lipinski definition) is 3. The topological polar surface area (TPSA) is 61.4 Å². The van der Waals surface area contributed by atoms with E-state index in [0.717, 1.165) is 31.6 Å². The predicted octanol–water partition coefficient (Wildman–Crippen LogP) is 2.78. The second kappa shape index (κ2) is 8.61. The monoisotopic (exact) mass is 339 g/mol. The van der Waals surface area contributed by atoms with E-state index in [1.54, 1.807) is 6.07 Å². The molecule has 5 nitrogen and oxygen atoms in total. The first-order valence-corrected chi connectivity index (χ1v) is 8.25. The molecule has 7 heteroatoms. The lowest BCUT2D eigenvalue weighted by atomic mass is 10.1. The van der Waals surface area contributed by atoms with Crippen LogP contribution in [-0.4, -0.2) is 37.4 Å². The lowest BCUT2D eigenvalue weighted by Crippen LogP contribution is -2.45. The molecule has 0 radical (unpaired) electrons. The van der Waals surface area contributed by atoms with E-state index in [0.29, 0.717) is 18.5 Å². The summed E-state index contributed by atoms with van der Waals surface area (Å²) in [5.74, 6) is -1.90. The zero-order chi connectivity index (χ0) is 17.5. The van der Waals surface area contributed by atoms with Crippen molar-refractivity contribution in [1.29, 1.82) is 0 Å². The minimum absolute atomic E-state index is 0.302. The fourth-order valence-corrected chi connectivity index (χ4v) is 2.78. The average Bonchev–Trinajstić information content (AvgIpc) is 3.09. The number of rotatable bonds is 7. The maximum atomic E-state index is 12.4. The molecule has 1 fully saturated rings. The Balaban J connectivity index is 2.02. The molecule has 1 heterocycles.